The molecule has 0 bridgehead atoms. The van der Waals surface area contributed by atoms with E-state index < -0.39 is 12.0 Å². The summed E-state index contributed by atoms with van der Waals surface area (Å²) < 4.78 is 0. The Hall–Kier alpha value is -2.39. The molecule has 0 radical (unpaired) electrons. The summed E-state index contributed by atoms with van der Waals surface area (Å²) in [5.74, 6) is -0.772. The van der Waals surface area contributed by atoms with Crippen molar-refractivity contribution in [1.29, 1.82) is 0 Å². The number of carboxylic acids is 1. The van der Waals surface area contributed by atoms with E-state index in [1.165, 1.54) is 16.7 Å². The maximum absolute atomic E-state index is 11.2. The molecular formula is C22H25NO2. The Kier molecular flexibility index (Phi) is 5.05. The lowest BCUT2D eigenvalue weighted by Crippen LogP contribution is -2.37. The normalized spacial score (nSPS) is 19.8. The zero-order chi connectivity index (χ0) is 17.9. The SMILES string of the molecule is CC(C(=O)O)N(C)CCCC1(c2ccccc2)C=Cc2ccccc21. The molecule has 2 atom stereocenters. The van der Waals surface area contributed by atoms with Crippen LogP contribution in [0.2, 0.25) is 0 Å². The fraction of sp³-hybridized carbons (Fsp3) is 0.318. The molecular weight excluding hydrogens is 310 g/mol. The van der Waals surface area contributed by atoms with Crippen LogP contribution in [0.3, 0.4) is 0 Å². The van der Waals surface area contributed by atoms with E-state index in [0.717, 1.165) is 19.4 Å². The van der Waals surface area contributed by atoms with Crippen LogP contribution in [0.15, 0.2) is 60.7 Å². The molecule has 130 valence electrons. The van der Waals surface area contributed by atoms with Crippen LogP contribution < -0.4 is 0 Å². The molecule has 0 heterocycles. The van der Waals surface area contributed by atoms with Crippen LogP contribution in [0.4, 0.5) is 0 Å². The highest BCUT2D eigenvalue weighted by Crippen LogP contribution is 2.44. The van der Waals surface area contributed by atoms with Gasteiger partial charge in [0.1, 0.15) is 6.04 Å². The molecule has 0 aliphatic heterocycles. The van der Waals surface area contributed by atoms with Crippen molar-refractivity contribution in [3.8, 4) is 0 Å². The van der Waals surface area contributed by atoms with E-state index in [0.29, 0.717) is 0 Å². The molecule has 2 aromatic rings. The highest BCUT2D eigenvalue weighted by atomic mass is 16.4. The molecule has 0 aromatic heterocycles. The van der Waals surface area contributed by atoms with Crippen molar-refractivity contribution in [3.05, 3.63) is 77.4 Å². The average molecular weight is 335 g/mol. The molecule has 0 amide bonds. The summed E-state index contributed by atoms with van der Waals surface area (Å²) in [5.41, 5.74) is 3.80. The summed E-state index contributed by atoms with van der Waals surface area (Å²) in [4.78, 5) is 13.1. The second-order valence-corrected chi connectivity index (χ2v) is 6.86. The quantitative estimate of drug-likeness (QED) is 0.825. The minimum absolute atomic E-state index is 0.120. The summed E-state index contributed by atoms with van der Waals surface area (Å²) in [7, 11) is 1.88. The average Bonchev–Trinajstić information content (AvgIpc) is 3.02. The van der Waals surface area contributed by atoms with Crippen LogP contribution in [0.25, 0.3) is 6.08 Å². The highest BCUT2D eigenvalue weighted by molar-refractivity contribution is 5.72. The Balaban J connectivity index is 1.83. The second-order valence-electron chi connectivity index (χ2n) is 6.86. The van der Waals surface area contributed by atoms with Crippen LogP contribution in [0.5, 0.6) is 0 Å². The smallest absolute Gasteiger partial charge is 0.320 e. The second kappa shape index (κ2) is 7.24. The molecule has 2 unspecified atom stereocenters. The first-order valence-corrected chi connectivity index (χ1v) is 8.82. The summed E-state index contributed by atoms with van der Waals surface area (Å²) in [5, 5.41) is 9.17. The van der Waals surface area contributed by atoms with Crippen molar-refractivity contribution in [2.45, 2.75) is 31.2 Å². The van der Waals surface area contributed by atoms with Gasteiger partial charge in [-0.25, -0.2) is 0 Å². The van der Waals surface area contributed by atoms with Gasteiger partial charge in [0.05, 0.1) is 0 Å². The van der Waals surface area contributed by atoms with Crippen molar-refractivity contribution in [1.82, 2.24) is 4.90 Å². The van der Waals surface area contributed by atoms with Gasteiger partial charge < -0.3 is 5.11 Å². The van der Waals surface area contributed by atoms with Crippen molar-refractivity contribution >= 4 is 12.0 Å². The predicted octanol–water partition coefficient (Wildman–Crippen LogP) is 4.18. The van der Waals surface area contributed by atoms with Crippen molar-refractivity contribution in [2.75, 3.05) is 13.6 Å². The van der Waals surface area contributed by atoms with Crippen molar-refractivity contribution in [3.63, 3.8) is 0 Å². The molecule has 3 rings (SSSR count). The monoisotopic (exact) mass is 335 g/mol. The van der Waals surface area contributed by atoms with Gasteiger partial charge in [-0.2, -0.15) is 0 Å². The largest absolute Gasteiger partial charge is 0.480 e. The number of likely N-dealkylation sites (N-methyl/N-ethyl adjacent to an activating group) is 1. The van der Waals surface area contributed by atoms with Crippen LogP contribution in [0.1, 0.15) is 36.5 Å². The van der Waals surface area contributed by atoms with E-state index >= 15 is 0 Å². The Bertz CT molecular complexity index is 769. The van der Waals surface area contributed by atoms with E-state index in [4.69, 9.17) is 5.11 Å². The number of aliphatic carboxylic acids is 1. The summed E-state index contributed by atoms with van der Waals surface area (Å²) in [6.07, 6.45) is 6.42. The Morgan fingerprint density at radius 3 is 2.52 bits per heavy atom. The number of nitrogens with zero attached hydrogens (tertiary/aromatic N) is 1. The van der Waals surface area contributed by atoms with E-state index in [-0.39, 0.29) is 5.41 Å². The number of rotatable bonds is 7. The van der Waals surface area contributed by atoms with Gasteiger partial charge in [-0.05, 0) is 50.0 Å². The molecule has 0 saturated carbocycles. The lowest BCUT2D eigenvalue weighted by atomic mass is 9.73. The molecule has 3 nitrogen and oxygen atoms in total. The highest BCUT2D eigenvalue weighted by Gasteiger charge is 2.36. The molecule has 0 saturated heterocycles. The maximum Gasteiger partial charge on any atom is 0.320 e. The van der Waals surface area contributed by atoms with E-state index in [1.807, 2.05) is 18.0 Å². The lowest BCUT2D eigenvalue weighted by molar-refractivity contribution is -0.142. The summed E-state index contributed by atoms with van der Waals surface area (Å²) >= 11 is 0. The van der Waals surface area contributed by atoms with Crippen LogP contribution in [-0.4, -0.2) is 35.6 Å². The van der Waals surface area contributed by atoms with Gasteiger partial charge in [-0.3, -0.25) is 9.69 Å². The third-order valence-corrected chi connectivity index (χ3v) is 5.38. The van der Waals surface area contributed by atoms with E-state index in [1.54, 1.807) is 6.92 Å². The standard InChI is InChI=1S/C22H25NO2/c1-17(21(24)25)23(2)16-8-14-22(19-10-4-3-5-11-19)15-13-18-9-6-7-12-20(18)22/h3-7,9-13,15,17H,8,14,16H2,1-2H3,(H,24,25). The number of allylic oxidation sites excluding steroid dienone is 1. The first-order valence-electron chi connectivity index (χ1n) is 8.82. The molecule has 0 spiro atoms. The fourth-order valence-corrected chi connectivity index (χ4v) is 3.71. The lowest BCUT2D eigenvalue weighted by Gasteiger charge is -2.31. The topological polar surface area (TPSA) is 40.5 Å². The Morgan fingerprint density at radius 2 is 1.80 bits per heavy atom. The maximum atomic E-state index is 11.2. The Labute approximate surface area is 149 Å². The molecule has 1 aliphatic carbocycles. The van der Waals surface area contributed by atoms with Gasteiger partial charge in [-0.15, -0.1) is 0 Å². The number of fused-ring (bicyclic) bond motifs is 1. The third-order valence-electron chi connectivity index (χ3n) is 5.38. The molecule has 1 N–H and O–H groups in total. The first kappa shape index (κ1) is 17.4. The summed E-state index contributed by atoms with van der Waals surface area (Å²) in [6.45, 7) is 2.50. The van der Waals surface area contributed by atoms with Crippen molar-refractivity contribution < 1.29 is 9.90 Å². The minimum atomic E-state index is -0.772. The molecule has 25 heavy (non-hydrogen) atoms. The number of carbonyl (C=O) groups is 1. The summed E-state index contributed by atoms with van der Waals surface area (Å²) in [6, 6.07) is 18.7. The number of hydrogen-bond acceptors (Lipinski definition) is 2. The van der Waals surface area contributed by atoms with Gasteiger partial charge >= 0.3 is 5.97 Å². The molecule has 0 fully saturated rings. The van der Waals surface area contributed by atoms with Gasteiger partial charge in [0.25, 0.3) is 0 Å². The van der Waals surface area contributed by atoms with Crippen LogP contribution in [-0.2, 0) is 10.2 Å². The van der Waals surface area contributed by atoms with Gasteiger partial charge in [0.2, 0.25) is 0 Å². The molecule has 2 aromatic carbocycles. The Morgan fingerprint density at radius 1 is 1.12 bits per heavy atom. The van der Waals surface area contributed by atoms with E-state index in [9.17, 15) is 4.79 Å². The molecule has 1 aliphatic rings. The minimum Gasteiger partial charge on any atom is -0.480 e. The van der Waals surface area contributed by atoms with E-state index in [2.05, 4.69) is 60.7 Å². The van der Waals surface area contributed by atoms with Crippen molar-refractivity contribution in [2.24, 2.45) is 0 Å². The molecule has 3 heteroatoms. The van der Waals surface area contributed by atoms with Gasteiger partial charge in [0, 0.05) is 5.41 Å². The number of hydrogen-bond donors (Lipinski definition) is 1. The number of carboxylic acid groups (broad SMARTS) is 1. The predicted molar refractivity (Wildman–Crippen MR) is 102 cm³/mol. The zero-order valence-corrected chi connectivity index (χ0v) is 14.9. The first-order chi connectivity index (χ1) is 12.0. The van der Waals surface area contributed by atoms with Crippen LogP contribution >= 0.6 is 0 Å². The van der Waals surface area contributed by atoms with Gasteiger partial charge in [-0.1, -0.05) is 66.7 Å². The van der Waals surface area contributed by atoms with Gasteiger partial charge in [0.15, 0.2) is 0 Å². The zero-order valence-electron chi connectivity index (χ0n) is 14.9. The van der Waals surface area contributed by atoms with Crippen LogP contribution in [0, 0.1) is 0 Å². The fourth-order valence-electron chi connectivity index (χ4n) is 3.71. The third kappa shape index (κ3) is 3.38. The number of benzene rings is 2.